The fraction of sp³-hybridized carbons (Fsp3) is 0.391. The van der Waals surface area contributed by atoms with Crippen molar-refractivity contribution in [1.29, 1.82) is 0 Å². The Morgan fingerprint density at radius 3 is 2.66 bits per heavy atom. The van der Waals surface area contributed by atoms with E-state index in [1.165, 1.54) is 22.9 Å². The van der Waals surface area contributed by atoms with E-state index in [0.717, 1.165) is 5.56 Å². The van der Waals surface area contributed by atoms with Crippen LogP contribution in [0.3, 0.4) is 0 Å². The van der Waals surface area contributed by atoms with Gasteiger partial charge in [-0.15, -0.1) is 0 Å². The van der Waals surface area contributed by atoms with E-state index in [0.29, 0.717) is 0 Å². The van der Waals surface area contributed by atoms with Crippen molar-refractivity contribution >= 4 is 5.82 Å². The number of nitrogens with zero attached hydrogens (tertiary/aromatic N) is 2. The first kappa shape index (κ1) is 23.8. The summed E-state index contributed by atoms with van der Waals surface area (Å²) in [5.74, 6) is 0.0850. The smallest absolute Gasteiger partial charge is 0.351 e. The van der Waals surface area contributed by atoms with Gasteiger partial charge in [0.15, 0.2) is 5.67 Å². The van der Waals surface area contributed by atoms with Crippen molar-refractivity contribution in [2.45, 2.75) is 37.6 Å². The number of hydrogen-bond donors (Lipinski definition) is 1. The third kappa shape index (κ3) is 7.08. The second-order valence-corrected chi connectivity index (χ2v) is 7.47. The Morgan fingerprint density at radius 1 is 1.16 bits per heavy atom. The van der Waals surface area contributed by atoms with E-state index in [1.54, 1.807) is 18.2 Å². The minimum atomic E-state index is -1.63. The van der Waals surface area contributed by atoms with Gasteiger partial charge in [-0.1, -0.05) is 48.6 Å². The van der Waals surface area contributed by atoms with Crippen LogP contribution in [0.2, 0.25) is 0 Å². The molecule has 172 valence electrons. The monoisotopic (exact) mass is 447 g/mol. The molecule has 3 rings (SSSR count). The van der Waals surface area contributed by atoms with E-state index in [-0.39, 0.29) is 38.8 Å². The molecule has 0 fully saturated rings. The highest BCUT2D eigenvalue weighted by atomic mass is 19.1. The van der Waals surface area contributed by atoms with Crippen molar-refractivity contribution in [1.82, 2.24) is 9.55 Å². The Bertz CT molecular complexity index is 967. The minimum absolute atomic E-state index is 0.0850. The summed E-state index contributed by atoms with van der Waals surface area (Å²) in [5, 5.41) is 0. The van der Waals surface area contributed by atoms with Gasteiger partial charge < -0.3 is 19.9 Å². The molecule has 1 aromatic carbocycles. The Hall–Kier alpha value is -2.88. The van der Waals surface area contributed by atoms with Crippen LogP contribution in [0, 0.1) is 0 Å². The summed E-state index contributed by atoms with van der Waals surface area (Å²) in [6, 6.07) is 10.7. The van der Waals surface area contributed by atoms with Gasteiger partial charge in [0.25, 0.3) is 0 Å². The third-order valence-corrected chi connectivity index (χ3v) is 4.92. The Balaban J connectivity index is 1.64. The lowest BCUT2D eigenvalue weighted by Gasteiger charge is -2.28. The number of allylic oxidation sites excluding steroid dienone is 3. The minimum Gasteiger partial charge on any atom is -0.383 e. The molecule has 0 saturated heterocycles. The highest BCUT2D eigenvalue weighted by Crippen LogP contribution is 2.23. The maximum Gasteiger partial charge on any atom is 0.351 e. The van der Waals surface area contributed by atoms with E-state index in [2.05, 4.69) is 4.98 Å². The zero-order valence-corrected chi connectivity index (χ0v) is 17.6. The van der Waals surface area contributed by atoms with Gasteiger partial charge in [0, 0.05) is 12.6 Å². The lowest BCUT2D eigenvalue weighted by molar-refractivity contribution is -0.136. The number of nitrogen functional groups attached to an aromatic ring is 1. The topological polar surface area (TPSA) is 88.6 Å². The Kier molecular flexibility index (Phi) is 8.66. The van der Waals surface area contributed by atoms with Gasteiger partial charge >= 0.3 is 5.69 Å². The molecule has 0 aliphatic heterocycles. The number of benzene rings is 1. The number of nitrogens with two attached hydrogens (primary N) is 1. The SMILES string of the molecule is Nc1ccn(COC(COCC2(F)C=CC=CC2)C(CF)OCc2ccccc2)c(=O)n1. The molecule has 9 heteroatoms. The molecule has 1 aromatic heterocycles. The number of hydrogen-bond acceptors (Lipinski definition) is 6. The predicted octanol–water partition coefficient (Wildman–Crippen LogP) is 2.96. The zero-order valence-electron chi connectivity index (χ0n) is 17.6. The van der Waals surface area contributed by atoms with Crippen LogP contribution in [-0.2, 0) is 27.5 Å². The number of aromatic nitrogens is 2. The maximum absolute atomic E-state index is 14.7. The molecule has 0 amide bonds. The summed E-state index contributed by atoms with van der Waals surface area (Å²) in [5.41, 5.74) is 4.13. The fourth-order valence-corrected chi connectivity index (χ4v) is 3.10. The summed E-state index contributed by atoms with van der Waals surface area (Å²) in [7, 11) is 0. The zero-order chi connectivity index (χ0) is 22.8. The van der Waals surface area contributed by atoms with Crippen LogP contribution in [-0.4, -0.2) is 47.3 Å². The summed E-state index contributed by atoms with van der Waals surface area (Å²) in [6.45, 7) is -1.23. The lowest BCUT2D eigenvalue weighted by Crippen LogP contribution is -2.40. The summed E-state index contributed by atoms with van der Waals surface area (Å²) < 4.78 is 46.8. The standard InChI is InChI=1S/C23H27F2N3O4/c24-13-19(31-14-18-7-3-1-4-8-18)20(15-30-16-23(25)10-5-2-6-11-23)32-17-28-12-9-21(26)27-22(28)29/h1-10,12,19-20H,11,13-17H2,(H2,26,27,29). The van der Waals surface area contributed by atoms with Crippen LogP contribution in [0.1, 0.15) is 12.0 Å². The molecular weight excluding hydrogens is 420 g/mol. The van der Waals surface area contributed by atoms with Crippen LogP contribution in [0.4, 0.5) is 14.6 Å². The summed E-state index contributed by atoms with van der Waals surface area (Å²) >= 11 is 0. The number of rotatable bonds is 12. The van der Waals surface area contributed by atoms with Gasteiger partial charge in [0.1, 0.15) is 31.4 Å². The molecule has 3 atom stereocenters. The molecule has 0 bridgehead atoms. The van der Waals surface area contributed by atoms with Gasteiger partial charge in [-0.25, -0.2) is 13.6 Å². The van der Waals surface area contributed by atoms with E-state index in [9.17, 15) is 13.6 Å². The van der Waals surface area contributed by atoms with Crippen LogP contribution in [0.15, 0.2) is 71.7 Å². The fourth-order valence-electron chi connectivity index (χ4n) is 3.10. The largest absolute Gasteiger partial charge is 0.383 e. The summed E-state index contributed by atoms with van der Waals surface area (Å²) in [6.07, 6.45) is 6.27. The number of halogens is 2. The van der Waals surface area contributed by atoms with Gasteiger partial charge in [-0.2, -0.15) is 4.98 Å². The van der Waals surface area contributed by atoms with E-state index < -0.39 is 30.2 Å². The van der Waals surface area contributed by atoms with Crippen LogP contribution in [0.5, 0.6) is 0 Å². The first-order valence-corrected chi connectivity index (χ1v) is 10.3. The molecule has 0 saturated carbocycles. The number of alkyl halides is 2. The molecule has 0 spiro atoms. The van der Waals surface area contributed by atoms with Crippen molar-refractivity contribution in [2.75, 3.05) is 25.6 Å². The predicted molar refractivity (Wildman–Crippen MR) is 116 cm³/mol. The summed E-state index contributed by atoms with van der Waals surface area (Å²) in [4.78, 5) is 15.6. The number of anilines is 1. The van der Waals surface area contributed by atoms with Gasteiger partial charge in [-0.05, 0) is 17.7 Å². The first-order chi connectivity index (χ1) is 15.5. The van der Waals surface area contributed by atoms with Crippen molar-refractivity contribution in [3.05, 3.63) is 82.9 Å². The molecule has 3 unspecified atom stereocenters. The van der Waals surface area contributed by atoms with Crippen molar-refractivity contribution in [2.24, 2.45) is 0 Å². The normalized spacial score (nSPS) is 19.7. The second-order valence-electron chi connectivity index (χ2n) is 7.47. The molecule has 32 heavy (non-hydrogen) atoms. The molecule has 1 aliphatic rings. The van der Waals surface area contributed by atoms with Gasteiger partial charge in [0.2, 0.25) is 0 Å². The average Bonchev–Trinajstić information content (AvgIpc) is 2.79. The third-order valence-electron chi connectivity index (χ3n) is 4.92. The van der Waals surface area contributed by atoms with Crippen LogP contribution in [0.25, 0.3) is 0 Å². The lowest BCUT2D eigenvalue weighted by atomic mass is 9.98. The van der Waals surface area contributed by atoms with E-state index in [1.807, 2.05) is 30.3 Å². The number of ether oxygens (including phenoxy) is 3. The van der Waals surface area contributed by atoms with Gasteiger partial charge in [-0.3, -0.25) is 4.57 Å². The van der Waals surface area contributed by atoms with Crippen molar-refractivity contribution in [3.8, 4) is 0 Å². The Morgan fingerprint density at radius 2 is 1.97 bits per heavy atom. The van der Waals surface area contributed by atoms with Crippen molar-refractivity contribution < 1.29 is 23.0 Å². The molecule has 0 radical (unpaired) electrons. The van der Waals surface area contributed by atoms with Gasteiger partial charge in [0.05, 0.1) is 19.8 Å². The van der Waals surface area contributed by atoms with Crippen LogP contribution >= 0.6 is 0 Å². The average molecular weight is 447 g/mol. The first-order valence-electron chi connectivity index (χ1n) is 10.3. The molecular formula is C23H27F2N3O4. The molecule has 1 aliphatic carbocycles. The highest BCUT2D eigenvalue weighted by molar-refractivity contribution is 5.23. The molecule has 2 N–H and O–H groups in total. The molecule has 2 aromatic rings. The van der Waals surface area contributed by atoms with E-state index in [4.69, 9.17) is 19.9 Å². The highest BCUT2D eigenvalue weighted by Gasteiger charge is 2.29. The molecule has 7 nitrogen and oxygen atoms in total. The maximum atomic E-state index is 14.7. The van der Waals surface area contributed by atoms with Crippen molar-refractivity contribution in [3.63, 3.8) is 0 Å². The molecule has 1 heterocycles. The Labute approximate surface area is 185 Å². The van der Waals surface area contributed by atoms with Crippen LogP contribution < -0.4 is 11.4 Å². The quantitative estimate of drug-likeness (QED) is 0.538. The second kappa shape index (κ2) is 11.7. The van der Waals surface area contributed by atoms with E-state index >= 15 is 0 Å².